The Morgan fingerprint density at radius 2 is 1.70 bits per heavy atom. The van der Waals surface area contributed by atoms with Crippen LogP contribution in [0, 0.1) is 5.92 Å². The Bertz CT molecular complexity index is 1510. The molecular weight excluding hydrogens is 506 g/mol. The summed E-state index contributed by atoms with van der Waals surface area (Å²) in [6.07, 6.45) is 5.22. The largest absolute Gasteiger partial charge is 0.457 e. The summed E-state index contributed by atoms with van der Waals surface area (Å²) in [6.45, 7) is 0.251. The zero-order valence-electron chi connectivity index (χ0n) is 22.5. The van der Waals surface area contributed by atoms with Crippen molar-refractivity contribution >= 4 is 40.4 Å². The number of aromatic nitrogens is 2. The maximum absolute atomic E-state index is 13.1. The third-order valence-electron chi connectivity index (χ3n) is 7.33. The summed E-state index contributed by atoms with van der Waals surface area (Å²) in [7, 11) is 1.77. The number of fused-ring (bicyclic) bond motifs is 1. The first-order valence-electron chi connectivity index (χ1n) is 13.6. The third-order valence-corrected chi connectivity index (χ3v) is 7.33. The molecule has 1 aliphatic rings. The van der Waals surface area contributed by atoms with Crippen molar-refractivity contribution in [2.45, 2.75) is 45.1 Å². The fourth-order valence-corrected chi connectivity index (χ4v) is 5.09. The number of nitrogens with two attached hydrogens (primary N) is 1. The molecule has 1 aromatic heterocycles. The summed E-state index contributed by atoms with van der Waals surface area (Å²) >= 11 is 0. The van der Waals surface area contributed by atoms with E-state index in [0.717, 1.165) is 24.0 Å². The zero-order chi connectivity index (χ0) is 28.1. The maximum atomic E-state index is 13.1. The molecule has 1 fully saturated rings. The first-order chi connectivity index (χ1) is 19.4. The Morgan fingerprint density at radius 3 is 2.40 bits per heavy atom. The van der Waals surface area contributed by atoms with Crippen LogP contribution in [0.2, 0.25) is 0 Å². The van der Waals surface area contributed by atoms with E-state index in [1.807, 2.05) is 48.5 Å². The SMILES string of the molecule is CN(C(=O)CC1CCCC1)c1ccc2c(c1)nc(NC(=O)c1ccc(Oc3ccccc3)cc1)n2CCC(N)=O. The molecule has 0 aliphatic heterocycles. The number of para-hydroxylation sites is 1. The predicted molar refractivity (Wildman–Crippen MR) is 154 cm³/mol. The lowest BCUT2D eigenvalue weighted by atomic mass is 10.0. The van der Waals surface area contributed by atoms with Crippen LogP contribution in [0.1, 0.15) is 48.9 Å². The molecule has 4 aromatic rings. The number of hydrogen-bond donors (Lipinski definition) is 2. The molecule has 1 aliphatic carbocycles. The third kappa shape index (κ3) is 6.31. The van der Waals surface area contributed by atoms with Crippen molar-refractivity contribution in [3.63, 3.8) is 0 Å². The number of hydrogen-bond acceptors (Lipinski definition) is 5. The van der Waals surface area contributed by atoms with Crippen LogP contribution >= 0.6 is 0 Å². The highest BCUT2D eigenvalue weighted by Gasteiger charge is 2.22. The van der Waals surface area contributed by atoms with Crippen LogP contribution in [-0.2, 0) is 16.1 Å². The summed E-state index contributed by atoms with van der Waals surface area (Å²) in [5, 5.41) is 2.87. The molecule has 40 heavy (non-hydrogen) atoms. The Hall–Kier alpha value is -4.66. The van der Waals surface area contributed by atoms with E-state index in [-0.39, 0.29) is 24.8 Å². The minimum atomic E-state index is -0.456. The van der Waals surface area contributed by atoms with Gasteiger partial charge < -0.3 is 19.9 Å². The van der Waals surface area contributed by atoms with Crippen molar-refractivity contribution in [2.24, 2.45) is 11.7 Å². The fourth-order valence-electron chi connectivity index (χ4n) is 5.09. The van der Waals surface area contributed by atoms with E-state index in [1.165, 1.54) is 12.8 Å². The van der Waals surface area contributed by atoms with Gasteiger partial charge in [0.15, 0.2) is 0 Å². The van der Waals surface area contributed by atoms with Crippen molar-refractivity contribution in [3.8, 4) is 11.5 Å². The zero-order valence-corrected chi connectivity index (χ0v) is 22.5. The van der Waals surface area contributed by atoms with Crippen LogP contribution in [0.3, 0.4) is 0 Å². The van der Waals surface area contributed by atoms with Gasteiger partial charge in [0.05, 0.1) is 11.0 Å². The van der Waals surface area contributed by atoms with E-state index in [9.17, 15) is 14.4 Å². The molecule has 3 aromatic carbocycles. The molecule has 0 saturated heterocycles. The number of carbonyl (C=O) groups excluding carboxylic acids is 3. The minimum absolute atomic E-state index is 0.0765. The average Bonchev–Trinajstić information content (AvgIpc) is 3.59. The van der Waals surface area contributed by atoms with E-state index in [4.69, 9.17) is 10.5 Å². The molecule has 0 bridgehead atoms. The molecule has 206 valence electrons. The predicted octanol–water partition coefficient (Wildman–Crippen LogP) is 5.50. The van der Waals surface area contributed by atoms with E-state index >= 15 is 0 Å². The van der Waals surface area contributed by atoms with Crippen molar-refractivity contribution in [1.82, 2.24) is 9.55 Å². The van der Waals surface area contributed by atoms with Gasteiger partial charge in [0, 0.05) is 37.7 Å². The number of aryl methyl sites for hydroxylation is 1. The number of primary amides is 1. The van der Waals surface area contributed by atoms with Gasteiger partial charge in [0.25, 0.3) is 5.91 Å². The first-order valence-corrected chi connectivity index (χ1v) is 13.6. The standard InChI is InChI=1S/C31H33N5O4/c1-35(29(38)19-21-7-5-6-8-21)23-13-16-27-26(20-23)33-31(36(27)18-17-28(32)37)34-30(39)22-11-14-25(15-12-22)40-24-9-3-2-4-10-24/h2-4,9-16,20-21H,5-8,17-19H2,1H3,(H2,32,37)(H,33,34,39). The van der Waals surface area contributed by atoms with E-state index in [0.29, 0.717) is 40.9 Å². The highest BCUT2D eigenvalue weighted by Crippen LogP contribution is 2.30. The van der Waals surface area contributed by atoms with Crippen molar-refractivity contribution < 1.29 is 19.1 Å². The van der Waals surface area contributed by atoms with Crippen LogP contribution in [-0.4, -0.2) is 34.3 Å². The van der Waals surface area contributed by atoms with Crippen molar-refractivity contribution in [1.29, 1.82) is 0 Å². The Labute approximate surface area is 232 Å². The second kappa shape index (κ2) is 12.0. The summed E-state index contributed by atoms with van der Waals surface area (Å²) in [5.74, 6) is 1.32. The highest BCUT2D eigenvalue weighted by atomic mass is 16.5. The molecule has 3 N–H and O–H groups in total. The normalized spacial score (nSPS) is 13.3. The Morgan fingerprint density at radius 1 is 1.00 bits per heavy atom. The summed E-state index contributed by atoms with van der Waals surface area (Å²) in [5.41, 5.74) is 7.89. The fraction of sp³-hybridized carbons (Fsp3) is 0.290. The number of anilines is 2. The molecule has 9 heteroatoms. The van der Waals surface area contributed by atoms with Crippen molar-refractivity contribution in [3.05, 3.63) is 78.4 Å². The first kappa shape index (κ1) is 26.9. The summed E-state index contributed by atoms with van der Waals surface area (Å²) in [4.78, 5) is 43.9. The Balaban J connectivity index is 1.35. The van der Waals surface area contributed by atoms with Gasteiger partial charge in [-0.15, -0.1) is 0 Å². The van der Waals surface area contributed by atoms with Gasteiger partial charge in [-0.2, -0.15) is 0 Å². The monoisotopic (exact) mass is 539 g/mol. The molecule has 1 heterocycles. The number of amides is 3. The second-order valence-corrected chi connectivity index (χ2v) is 10.2. The smallest absolute Gasteiger partial charge is 0.257 e. The number of nitrogens with one attached hydrogen (secondary N) is 1. The molecule has 0 unspecified atom stereocenters. The number of rotatable bonds is 10. The van der Waals surface area contributed by atoms with E-state index in [2.05, 4.69) is 10.3 Å². The van der Waals surface area contributed by atoms with Gasteiger partial charge in [0.2, 0.25) is 17.8 Å². The Kier molecular flexibility index (Phi) is 8.10. The topological polar surface area (TPSA) is 120 Å². The second-order valence-electron chi connectivity index (χ2n) is 10.2. The number of nitrogens with zero attached hydrogens (tertiary/aromatic N) is 3. The van der Waals surface area contributed by atoms with Crippen LogP contribution < -0.4 is 20.7 Å². The molecule has 3 amide bonds. The lowest BCUT2D eigenvalue weighted by Crippen LogP contribution is -2.27. The van der Waals surface area contributed by atoms with Gasteiger partial charge in [-0.25, -0.2) is 4.98 Å². The average molecular weight is 540 g/mol. The lowest BCUT2D eigenvalue weighted by molar-refractivity contribution is -0.119. The summed E-state index contributed by atoms with van der Waals surface area (Å²) < 4.78 is 7.57. The quantitative estimate of drug-likeness (QED) is 0.276. The molecule has 9 nitrogen and oxygen atoms in total. The number of carbonyl (C=O) groups is 3. The van der Waals surface area contributed by atoms with Gasteiger partial charge in [0.1, 0.15) is 11.5 Å². The number of benzene rings is 3. The highest BCUT2D eigenvalue weighted by molar-refractivity contribution is 6.04. The van der Waals surface area contributed by atoms with Crippen LogP contribution in [0.5, 0.6) is 11.5 Å². The lowest BCUT2D eigenvalue weighted by Gasteiger charge is -2.19. The number of ether oxygens (including phenoxy) is 1. The van der Waals surface area contributed by atoms with Gasteiger partial charge in [-0.3, -0.25) is 19.7 Å². The van der Waals surface area contributed by atoms with Crippen LogP contribution in [0.25, 0.3) is 11.0 Å². The summed E-state index contributed by atoms with van der Waals surface area (Å²) in [6, 6.07) is 21.7. The maximum Gasteiger partial charge on any atom is 0.257 e. The van der Waals surface area contributed by atoms with Gasteiger partial charge >= 0.3 is 0 Å². The number of imidazole rings is 1. The molecule has 0 radical (unpaired) electrons. The van der Waals surface area contributed by atoms with E-state index < -0.39 is 5.91 Å². The van der Waals surface area contributed by atoms with Crippen LogP contribution in [0.4, 0.5) is 11.6 Å². The molecule has 0 atom stereocenters. The molecular formula is C31H33N5O4. The van der Waals surface area contributed by atoms with Crippen LogP contribution in [0.15, 0.2) is 72.8 Å². The van der Waals surface area contributed by atoms with Gasteiger partial charge in [-0.1, -0.05) is 31.0 Å². The minimum Gasteiger partial charge on any atom is -0.457 e. The molecule has 0 spiro atoms. The molecule has 5 rings (SSSR count). The van der Waals surface area contributed by atoms with Crippen molar-refractivity contribution in [2.75, 3.05) is 17.3 Å². The molecule has 1 saturated carbocycles. The van der Waals surface area contributed by atoms with E-state index in [1.54, 1.807) is 40.8 Å². The van der Waals surface area contributed by atoms with Gasteiger partial charge in [-0.05, 0) is 73.4 Å².